The molecule has 2 nitrogen and oxygen atoms in total. The lowest BCUT2D eigenvalue weighted by atomic mass is 10.1. The number of hydrogen-bond donors (Lipinski definition) is 1. The molecule has 0 radical (unpaired) electrons. The molecule has 0 aromatic heterocycles. The molecule has 1 rings (SSSR count). The van der Waals surface area contributed by atoms with E-state index < -0.39 is 0 Å². The van der Waals surface area contributed by atoms with E-state index in [9.17, 15) is 5.11 Å². The Labute approximate surface area is 86.3 Å². The number of ether oxygens (including phenoxy) is 1. The molecule has 0 aromatic rings. The van der Waals surface area contributed by atoms with E-state index in [0.29, 0.717) is 0 Å². The number of rotatable bonds is 5. The van der Waals surface area contributed by atoms with Crippen molar-refractivity contribution in [3.05, 3.63) is 24.8 Å². The maximum atomic E-state index is 9.80. The van der Waals surface area contributed by atoms with E-state index in [1.54, 1.807) is 0 Å². The van der Waals surface area contributed by atoms with Gasteiger partial charge in [0.2, 0.25) is 0 Å². The normalized spacial score (nSPS) is 29.6. The third-order valence-corrected chi connectivity index (χ3v) is 2.64. The fraction of sp³-hybridized carbons (Fsp3) is 0.667. The molecular weight excluding hydrogens is 176 g/mol. The third kappa shape index (κ3) is 3.28. The minimum absolute atomic E-state index is 0.0169. The summed E-state index contributed by atoms with van der Waals surface area (Å²) < 4.78 is 5.61. The van der Waals surface area contributed by atoms with Crippen LogP contribution < -0.4 is 0 Å². The lowest BCUT2D eigenvalue weighted by molar-refractivity contribution is -0.0233. The van der Waals surface area contributed by atoms with E-state index in [-0.39, 0.29) is 18.3 Å². The summed E-state index contributed by atoms with van der Waals surface area (Å²) in [5.74, 6) is 0. The summed E-state index contributed by atoms with van der Waals surface area (Å²) in [4.78, 5) is 0. The van der Waals surface area contributed by atoms with Gasteiger partial charge in [0.05, 0.1) is 18.3 Å². The van der Waals surface area contributed by atoms with E-state index in [1.807, 2.05) is 19.1 Å². The van der Waals surface area contributed by atoms with Crippen molar-refractivity contribution < 1.29 is 9.84 Å². The molecule has 1 aliphatic heterocycles. The summed E-state index contributed by atoms with van der Waals surface area (Å²) in [5, 5.41) is 9.80. The van der Waals surface area contributed by atoms with Crippen LogP contribution in [0.15, 0.2) is 24.8 Å². The summed E-state index contributed by atoms with van der Waals surface area (Å²) in [6, 6.07) is 0. The smallest absolute Gasteiger partial charge is 0.0843 e. The van der Waals surface area contributed by atoms with Gasteiger partial charge in [-0.1, -0.05) is 18.2 Å². The highest BCUT2D eigenvalue weighted by molar-refractivity contribution is 4.89. The van der Waals surface area contributed by atoms with Gasteiger partial charge in [0.15, 0.2) is 0 Å². The maximum Gasteiger partial charge on any atom is 0.0843 e. The fourth-order valence-electron chi connectivity index (χ4n) is 1.77. The van der Waals surface area contributed by atoms with Gasteiger partial charge < -0.3 is 9.84 Å². The van der Waals surface area contributed by atoms with Gasteiger partial charge in [0.25, 0.3) is 0 Å². The molecule has 2 heteroatoms. The lowest BCUT2D eigenvalue weighted by Gasteiger charge is -2.17. The molecule has 1 fully saturated rings. The van der Waals surface area contributed by atoms with E-state index in [4.69, 9.17) is 4.74 Å². The molecule has 0 spiro atoms. The Hall–Kier alpha value is -0.600. The molecule has 0 bridgehead atoms. The standard InChI is InChI=1S/C12H20O2/c1-3-5-6-7-11(13)12-9-8-10(4-2)14-12/h3-5,10-13H,2,6-9H2,1H3. The molecule has 3 unspecified atom stereocenters. The van der Waals surface area contributed by atoms with Crippen LogP contribution in [0, 0.1) is 0 Å². The predicted molar refractivity (Wildman–Crippen MR) is 58.1 cm³/mol. The van der Waals surface area contributed by atoms with Crippen LogP contribution in [-0.2, 0) is 4.74 Å². The van der Waals surface area contributed by atoms with E-state index in [2.05, 4.69) is 12.7 Å². The van der Waals surface area contributed by atoms with Crippen LogP contribution in [0.5, 0.6) is 0 Å². The Morgan fingerprint density at radius 3 is 2.93 bits per heavy atom. The highest BCUT2D eigenvalue weighted by atomic mass is 16.5. The third-order valence-electron chi connectivity index (χ3n) is 2.64. The predicted octanol–water partition coefficient (Wildman–Crippen LogP) is 2.44. The Balaban J connectivity index is 2.24. The molecule has 0 saturated carbocycles. The van der Waals surface area contributed by atoms with Gasteiger partial charge in [-0.3, -0.25) is 0 Å². The summed E-state index contributed by atoms with van der Waals surface area (Å²) in [5.41, 5.74) is 0. The summed E-state index contributed by atoms with van der Waals surface area (Å²) >= 11 is 0. The molecule has 0 aromatic carbocycles. The molecule has 80 valence electrons. The van der Waals surface area contributed by atoms with Gasteiger partial charge in [-0.05, 0) is 32.6 Å². The minimum atomic E-state index is -0.323. The molecule has 1 N–H and O–H groups in total. The maximum absolute atomic E-state index is 9.80. The SMILES string of the molecule is C=CC1CCC(C(O)CCC=CC)O1. The first-order chi connectivity index (χ1) is 6.77. The summed E-state index contributed by atoms with van der Waals surface area (Å²) in [7, 11) is 0. The zero-order valence-corrected chi connectivity index (χ0v) is 8.86. The van der Waals surface area contributed by atoms with Crippen molar-refractivity contribution in [3.8, 4) is 0 Å². The van der Waals surface area contributed by atoms with Gasteiger partial charge in [0, 0.05) is 0 Å². The highest BCUT2D eigenvalue weighted by Gasteiger charge is 2.28. The van der Waals surface area contributed by atoms with Gasteiger partial charge in [0.1, 0.15) is 0 Å². The van der Waals surface area contributed by atoms with E-state index >= 15 is 0 Å². The van der Waals surface area contributed by atoms with Crippen molar-refractivity contribution in [1.82, 2.24) is 0 Å². The Bertz CT molecular complexity index is 198. The summed E-state index contributed by atoms with van der Waals surface area (Å²) in [6.07, 6.45) is 9.41. The Kier molecular flexibility index (Phi) is 4.91. The number of hydrogen-bond acceptors (Lipinski definition) is 2. The molecular formula is C12H20O2. The molecule has 1 saturated heterocycles. The van der Waals surface area contributed by atoms with Crippen molar-refractivity contribution in [2.75, 3.05) is 0 Å². The zero-order valence-electron chi connectivity index (χ0n) is 8.86. The van der Waals surface area contributed by atoms with Crippen LogP contribution in [0.4, 0.5) is 0 Å². The Morgan fingerprint density at radius 2 is 2.36 bits per heavy atom. The van der Waals surface area contributed by atoms with Gasteiger partial charge in [-0.2, -0.15) is 0 Å². The van der Waals surface area contributed by atoms with E-state index in [1.165, 1.54) is 0 Å². The average molecular weight is 196 g/mol. The first kappa shape index (κ1) is 11.5. The molecule has 1 heterocycles. The quantitative estimate of drug-likeness (QED) is 0.684. The monoisotopic (exact) mass is 196 g/mol. The van der Waals surface area contributed by atoms with Crippen molar-refractivity contribution >= 4 is 0 Å². The molecule has 0 amide bonds. The van der Waals surface area contributed by atoms with Crippen LogP contribution in [0.25, 0.3) is 0 Å². The van der Waals surface area contributed by atoms with Crippen molar-refractivity contribution in [3.63, 3.8) is 0 Å². The van der Waals surface area contributed by atoms with Crippen molar-refractivity contribution in [1.29, 1.82) is 0 Å². The van der Waals surface area contributed by atoms with Gasteiger partial charge in [-0.15, -0.1) is 6.58 Å². The highest BCUT2D eigenvalue weighted by Crippen LogP contribution is 2.24. The molecule has 1 aliphatic rings. The second kappa shape index (κ2) is 5.99. The zero-order chi connectivity index (χ0) is 10.4. The largest absolute Gasteiger partial charge is 0.390 e. The lowest BCUT2D eigenvalue weighted by Crippen LogP contribution is -2.25. The van der Waals surface area contributed by atoms with Crippen LogP contribution in [0.1, 0.15) is 32.6 Å². The molecule has 3 atom stereocenters. The van der Waals surface area contributed by atoms with Crippen molar-refractivity contribution in [2.45, 2.75) is 50.9 Å². The van der Waals surface area contributed by atoms with E-state index in [0.717, 1.165) is 25.7 Å². The van der Waals surface area contributed by atoms with Crippen molar-refractivity contribution in [2.24, 2.45) is 0 Å². The average Bonchev–Trinajstić information content (AvgIpc) is 2.66. The van der Waals surface area contributed by atoms with Crippen LogP contribution in [0.3, 0.4) is 0 Å². The van der Waals surface area contributed by atoms with Crippen LogP contribution in [0.2, 0.25) is 0 Å². The van der Waals surface area contributed by atoms with Gasteiger partial charge >= 0.3 is 0 Å². The first-order valence-corrected chi connectivity index (χ1v) is 5.35. The second-order valence-corrected chi connectivity index (χ2v) is 3.74. The summed E-state index contributed by atoms with van der Waals surface area (Å²) in [6.45, 7) is 5.69. The van der Waals surface area contributed by atoms with Crippen LogP contribution in [-0.4, -0.2) is 23.4 Å². The van der Waals surface area contributed by atoms with Crippen LogP contribution >= 0.6 is 0 Å². The minimum Gasteiger partial charge on any atom is -0.390 e. The number of aliphatic hydroxyl groups excluding tert-OH is 1. The molecule has 14 heavy (non-hydrogen) atoms. The number of allylic oxidation sites excluding steroid dienone is 2. The Morgan fingerprint density at radius 1 is 1.57 bits per heavy atom. The topological polar surface area (TPSA) is 29.5 Å². The first-order valence-electron chi connectivity index (χ1n) is 5.35. The fourth-order valence-corrected chi connectivity index (χ4v) is 1.77. The number of aliphatic hydroxyl groups is 1. The molecule has 0 aliphatic carbocycles. The van der Waals surface area contributed by atoms with Gasteiger partial charge in [-0.25, -0.2) is 0 Å². The second-order valence-electron chi connectivity index (χ2n) is 3.74.